The number of piperidine rings is 1. The summed E-state index contributed by atoms with van der Waals surface area (Å²) < 4.78 is 10.0. The molecule has 2 aromatic heterocycles. The number of amides is 2. The minimum Gasteiger partial charge on any atom is -0.466 e. The third-order valence-electron chi connectivity index (χ3n) is 4.30. The largest absolute Gasteiger partial charge is 0.466 e. The number of rotatable bonds is 6. The van der Waals surface area contributed by atoms with Gasteiger partial charge in [0.25, 0.3) is 5.91 Å². The summed E-state index contributed by atoms with van der Waals surface area (Å²) in [6, 6.07) is 3.31. The summed E-state index contributed by atoms with van der Waals surface area (Å²) in [7, 11) is 0. The van der Waals surface area contributed by atoms with E-state index in [2.05, 4.69) is 10.3 Å². The first-order valence-electron chi connectivity index (χ1n) is 8.80. The van der Waals surface area contributed by atoms with E-state index < -0.39 is 0 Å². The topological polar surface area (TPSA) is 102 Å². The number of hydrogen-bond donors (Lipinski definition) is 1. The van der Waals surface area contributed by atoms with Crippen LogP contribution in [0.2, 0.25) is 0 Å². The predicted molar refractivity (Wildman–Crippen MR) is 98.4 cm³/mol. The second-order valence-electron chi connectivity index (χ2n) is 6.16. The molecule has 1 aliphatic rings. The number of hydrogen-bond acceptors (Lipinski definition) is 7. The van der Waals surface area contributed by atoms with Crippen molar-refractivity contribution in [3.8, 4) is 0 Å². The van der Waals surface area contributed by atoms with Gasteiger partial charge < -0.3 is 19.4 Å². The number of likely N-dealkylation sites (tertiary alicyclic amines) is 1. The van der Waals surface area contributed by atoms with Crippen LogP contribution in [0.5, 0.6) is 0 Å². The van der Waals surface area contributed by atoms with E-state index in [0.29, 0.717) is 49.1 Å². The lowest BCUT2D eigenvalue weighted by Crippen LogP contribution is -2.41. The third kappa shape index (κ3) is 4.94. The number of carbonyl (C=O) groups excluding carboxylic acids is 3. The number of carbonyl (C=O) groups is 3. The lowest BCUT2D eigenvalue weighted by Gasteiger charge is -2.30. The Kier molecular flexibility index (Phi) is 6.23. The van der Waals surface area contributed by atoms with Crippen molar-refractivity contribution in [2.45, 2.75) is 26.2 Å². The minimum atomic E-state index is -0.339. The Morgan fingerprint density at radius 2 is 2.15 bits per heavy atom. The second-order valence-corrected chi connectivity index (χ2v) is 7.02. The van der Waals surface area contributed by atoms with Gasteiger partial charge >= 0.3 is 5.97 Å². The molecule has 0 saturated carbocycles. The predicted octanol–water partition coefficient (Wildman–Crippen LogP) is 2.33. The summed E-state index contributed by atoms with van der Waals surface area (Å²) in [5.41, 5.74) is 0.576. The standard InChI is InChI=1S/C18H21N3O5S/c1-2-25-15(22)10-13-11-27-18(19-13)20-16(23)12-5-7-21(8-6-12)17(24)14-4-3-9-26-14/h3-4,9,11-12H,2,5-8,10H2,1H3,(H,19,20,23). The van der Waals surface area contributed by atoms with Crippen LogP contribution in [0.25, 0.3) is 0 Å². The van der Waals surface area contributed by atoms with Crippen LogP contribution in [0.15, 0.2) is 28.2 Å². The van der Waals surface area contributed by atoms with Crippen molar-refractivity contribution in [1.82, 2.24) is 9.88 Å². The van der Waals surface area contributed by atoms with Crippen molar-refractivity contribution in [2.75, 3.05) is 25.0 Å². The molecule has 9 heteroatoms. The van der Waals surface area contributed by atoms with Gasteiger partial charge in [0, 0.05) is 24.4 Å². The fraction of sp³-hybridized carbons (Fsp3) is 0.444. The molecule has 0 bridgehead atoms. The molecule has 2 aromatic rings. The summed E-state index contributed by atoms with van der Waals surface area (Å²) in [6.45, 7) is 3.08. The van der Waals surface area contributed by atoms with Crippen molar-refractivity contribution in [3.05, 3.63) is 35.2 Å². The Hall–Kier alpha value is -2.68. The van der Waals surface area contributed by atoms with Crippen molar-refractivity contribution in [2.24, 2.45) is 5.92 Å². The van der Waals surface area contributed by atoms with Crippen molar-refractivity contribution >= 4 is 34.3 Å². The molecule has 8 nitrogen and oxygen atoms in total. The summed E-state index contributed by atoms with van der Waals surface area (Å²) in [6.07, 6.45) is 2.73. The average molecular weight is 391 g/mol. The third-order valence-corrected chi connectivity index (χ3v) is 5.10. The highest BCUT2D eigenvalue weighted by molar-refractivity contribution is 7.13. The fourth-order valence-corrected chi connectivity index (χ4v) is 3.63. The molecular weight excluding hydrogens is 370 g/mol. The van der Waals surface area contributed by atoms with Gasteiger partial charge in [0.05, 0.1) is 25.0 Å². The average Bonchev–Trinajstić information content (AvgIpc) is 3.34. The van der Waals surface area contributed by atoms with E-state index in [9.17, 15) is 14.4 Å². The molecule has 1 fully saturated rings. The van der Waals surface area contributed by atoms with Crippen LogP contribution in [0.3, 0.4) is 0 Å². The van der Waals surface area contributed by atoms with E-state index in [1.165, 1.54) is 17.6 Å². The highest BCUT2D eigenvalue weighted by Crippen LogP contribution is 2.23. The quantitative estimate of drug-likeness (QED) is 0.759. The number of aromatic nitrogens is 1. The van der Waals surface area contributed by atoms with E-state index in [0.717, 1.165) is 0 Å². The van der Waals surface area contributed by atoms with Gasteiger partial charge in [0.1, 0.15) is 0 Å². The monoisotopic (exact) mass is 391 g/mol. The molecule has 0 atom stereocenters. The molecule has 3 rings (SSSR count). The molecule has 1 aliphatic heterocycles. The number of anilines is 1. The number of furan rings is 1. The Labute approximate surface area is 160 Å². The summed E-state index contributed by atoms with van der Waals surface area (Å²) in [5.74, 6) is -0.466. The number of ether oxygens (including phenoxy) is 1. The summed E-state index contributed by atoms with van der Waals surface area (Å²) in [4.78, 5) is 42.1. The lowest BCUT2D eigenvalue weighted by atomic mass is 9.96. The summed E-state index contributed by atoms with van der Waals surface area (Å²) >= 11 is 1.28. The number of thiazole rings is 1. The van der Waals surface area contributed by atoms with Crippen LogP contribution >= 0.6 is 11.3 Å². The molecule has 0 unspecified atom stereocenters. The Balaban J connectivity index is 1.48. The second kappa shape index (κ2) is 8.81. The fourth-order valence-electron chi connectivity index (χ4n) is 2.91. The molecule has 144 valence electrons. The number of nitrogens with zero attached hydrogens (tertiary/aromatic N) is 2. The van der Waals surface area contributed by atoms with Gasteiger partial charge in [-0.3, -0.25) is 14.4 Å². The maximum absolute atomic E-state index is 12.4. The molecule has 0 aromatic carbocycles. The molecule has 27 heavy (non-hydrogen) atoms. The van der Waals surface area contributed by atoms with E-state index in [4.69, 9.17) is 9.15 Å². The molecule has 1 N–H and O–H groups in total. The Morgan fingerprint density at radius 3 is 2.81 bits per heavy atom. The Morgan fingerprint density at radius 1 is 1.37 bits per heavy atom. The molecule has 0 radical (unpaired) electrons. The smallest absolute Gasteiger partial charge is 0.311 e. The molecular formula is C18H21N3O5S. The normalized spacial score (nSPS) is 14.8. The van der Waals surface area contributed by atoms with E-state index >= 15 is 0 Å². The van der Waals surface area contributed by atoms with Gasteiger partial charge in [-0.2, -0.15) is 0 Å². The van der Waals surface area contributed by atoms with E-state index in [1.54, 1.807) is 29.3 Å². The van der Waals surface area contributed by atoms with E-state index in [-0.39, 0.29) is 30.1 Å². The molecule has 0 aliphatic carbocycles. The van der Waals surface area contributed by atoms with Crippen molar-refractivity contribution in [1.29, 1.82) is 0 Å². The number of nitrogens with one attached hydrogen (secondary N) is 1. The van der Waals surface area contributed by atoms with Gasteiger partial charge in [-0.25, -0.2) is 4.98 Å². The highest BCUT2D eigenvalue weighted by Gasteiger charge is 2.29. The minimum absolute atomic E-state index is 0.0908. The van der Waals surface area contributed by atoms with Gasteiger partial charge in [-0.05, 0) is 31.9 Å². The van der Waals surface area contributed by atoms with Crippen LogP contribution in [0.1, 0.15) is 36.0 Å². The van der Waals surface area contributed by atoms with Gasteiger partial charge in [-0.15, -0.1) is 11.3 Å². The summed E-state index contributed by atoms with van der Waals surface area (Å²) in [5, 5.41) is 5.00. The Bertz CT molecular complexity index is 794. The molecule has 3 heterocycles. The van der Waals surface area contributed by atoms with Crippen molar-refractivity contribution in [3.63, 3.8) is 0 Å². The maximum atomic E-state index is 12.4. The van der Waals surface area contributed by atoms with Crippen LogP contribution in [0.4, 0.5) is 5.13 Å². The van der Waals surface area contributed by atoms with Gasteiger partial charge in [0.2, 0.25) is 5.91 Å². The number of esters is 1. The van der Waals surface area contributed by atoms with Gasteiger partial charge in [0.15, 0.2) is 10.9 Å². The highest BCUT2D eigenvalue weighted by atomic mass is 32.1. The molecule has 0 spiro atoms. The maximum Gasteiger partial charge on any atom is 0.311 e. The van der Waals surface area contributed by atoms with Gasteiger partial charge in [-0.1, -0.05) is 0 Å². The zero-order valence-corrected chi connectivity index (χ0v) is 15.8. The first kappa shape index (κ1) is 19.1. The van der Waals surface area contributed by atoms with Crippen LogP contribution in [-0.2, 0) is 20.7 Å². The first-order chi connectivity index (χ1) is 13.1. The van der Waals surface area contributed by atoms with E-state index in [1.807, 2.05) is 0 Å². The van der Waals surface area contributed by atoms with Crippen LogP contribution < -0.4 is 5.32 Å². The first-order valence-corrected chi connectivity index (χ1v) is 9.68. The molecule has 1 saturated heterocycles. The van der Waals surface area contributed by atoms with Crippen LogP contribution in [0, 0.1) is 5.92 Å². The zero-order chi connectivity index (χ0) is 19.2. The zero-order valence-electron chi connectivity index (χ0n) is 15.0. The molecule has 2 amide bonds. The lowest BCUT2D eigenvalue weighted by molar-refractivity contribution is -0.142. The SMILES string of the molecule is CCOC(=O)Cc1csc(NC(=O)C2CCN(C(=O)c3ccco3)CC2)n1. The van der Waals surface area contributed by atoms with Crippen LogP contribution in [-0.4, -0.2) is 47.4 Å². The van der Waals surface area contributed by atoms with Crippen molar-refractivity contribution < 1.29 is 23.5 Å².